The molecule has 2 aliphatic rings. The molecular formula is C15H17NO. The normalized spacial score (nSPS) is 36.9. The Balaban J connectivity index is 2.33. The van der Waals surface area contributed by atoms with Crippen molar-refractivity contribution in [1.82, 2.24) is 0 Å². The maximum Gasteiger partial charge on any atom is 0.224 e. The van der Waals surface area contributed by atoms with Crippen molar-refractivity contribution in [3.63, 3.8) is 0 Å². The molecule has 2 nitrogen and oxygen atoms in total. The van der Waals surface area contributed by atoms with Crippen LogP contribution in [0.5, 0.6) is 0 Å². The minimum Gasteiger partial charge on any atom is -0.369 e. The summed E-state index contributed by atoms with van der Waals surface area (Å²) in [5.74, 6) is -3.30. The van der Waals surface area contributed by atoms with Crippen LogP contribution >= 0.6 is 0 Å². The van der Waals surface area contributed by atoms with Gasteiger partial charge in [-0.05, 0) is 54.8 Å². The second-order valence-corrected chi connectivity index (χ2v) is 4.46. The van der Waals surface area contributed by atoms with Gasteiger partial charge in [0.15, 0.2) is 0 Å². The fourth-order valence-corrected chi connectivity index (χ4v) is 2.50. The monoisotopic (exact) mass is 232 g/mol. The van der Waals surface area contributed by atoms with Crippen LogP contribution in [-0.2, 0) is 11.2 Å². The summed E-state index contributed by atoms with van der Waals surface area (Å²) in [6.45, 7) is 1.89. The van der Waals surface area contributed by atoms with Gasteiger partial charge < -0.3 is 5.73 Å². The van der Waals surface area contributed by atoms with Crippen molar-refractivity contribution in [2.45, 2.75) is 32.5 Å². The van der Waals surface area contributed by atoms with Gasteiger partial charge in [0.05, 0.1) is 5.89 Å². The molecule has 1 aromatic carbocycles. The number of benzene rings is 1. The second-order valence-electron chi connectivity index (χ2n) is 4.46. The van der Waals surface area contributed by atoms with E-state index in [-0.39, 0.29) is 17.6 Å². The molecule has 1 amide bonds. The maximum absolute atomic E-state index is 11.9. The lowest BCUT2D eigenvalue weighted by Gasteiger charge is -2.22. The standard InChI is InChI=1S/C15H17NO/c1-9-5-6-10-8-14-11(13(10)7-9)3-2-4-12(14)15(16)17/h5-7,12H,2-4,8H2,1H3,(H2,16,17)/i3D2,4D2,12D. The largest absolute Gasteiger partial charge is 0.369 e. The van der Waals surface area contributed by atoms with Crippen molar-refractivity contribution >= 4 is 11.5 Å². The van der Waals surface area contributed by atoms with E-state index in [4.69, 9.17) is 12.6 Å². The van der Waals surface area contributed by atoms with E-state index >= 15 is 0 Å². The van der Waals surface area contributed by atoms with Gasteiger partial charge in [0.1, 0.15) is 0 Å². The number of allylic oxidation sites excluding steroid dienone is 1. The smallest absolute Gasteiger partial charge is 0.224 e. The van der Waals surface area contributed by atoms with Gasteiger partial charge in [-0.1, -0.05) is 23.8 Å². The van der Waals surface area contributed by atoms with Gasteiger partial charge in [0.2, 0.25) is 5.91 Å². The van der Waals surface area contributed by atoms with Crippen LogP contribution < -0.4 is 5.73 Å². The topological polar surface area (TPSA) is 43.1 Å². The Bertz CT molecular complexity index is 725. The molecule has 2 aliphatic carbocycles. The van der Waals surface area contributed by atoms with Crippen LogP contribution in [-0.4, -0.2) is 5.91 Å². The summed E-state index contributed by atoms with van der Waals surface area (Å²) in [6, 6.07) is 5.56. The lowest BCUT2D eigenvalue weighted by atomic mass is 9.82. The maximum atomic E-state index is 11.9. The zero-order chi connectivity index (χ0) is 16.5. The van der Waals surface area contributed by atoms with E-state index in [1.165, 1.54) is 0 Å². The predicted molar refractivity (Wildman–Crippen MR) is 68.3 cm³/mol. The van der Waals surface area contributed by atoms with Crippen molar-refractivity contribution in [3.05, 3.63) is 40.5 Å². The van der Waals surface area contributed by atoms with Crippen molar-refractivity contribution < 1.29 is 11.6 Å². The third kappa shape index (κ3) is 1.59. The van der Waals surface area contributed by atoms with E-state index in [1.807, 2.05) is 25.1 Å². The van der Waals surface area contributed by atoms with Crippen molar-refractivity contribution in [1.29, 1.82) is 0 Å². The molecule has 0 fully saturated rings. The Kier molecular flexibility index (Phi) is 1.40. The van der Waals surface area contributed by atoms with E-state index in [0.29, 0.717) is 5.56 Å². The van der Waals surface area contributed by atoms with E-state index < -0.39 is 31.0 Å². The quantitative estimate of drug-likeness (QED) is 0.794. The van der Waals surface area contributed by atoms with Gasteiger partial charge in [-0.25, -0.2) is 0 Å². The number of aryl methyl sites for hydroxylation is 1. The van der Waals surface area contributed by atoms with E-state index in [0.717, 1.165) is 11.1 Å². The number of fused-ring (bicyclic) bond motifs is 2. The summed E-state index contributed by atoms with van der Waals surface area (Å²) in [6.07, 6.45) is -4.65. The van der Waals surface area contributed by atoms with Gasteiger partial charge in [-0.2, -0.15) is 0 Å². The highest BCUT2D eigenvalue weighted by molar-refractivity contribution is 5.87. The number of carbonyl (C=O) groups is 1. The van der Waals surface area contributed by atoms with Crippen molar-refractivity contribution in [2.24, 2.45) is 11.6 Å². The van der Waals surface area contributed by atoms with Crippen LogP contribution in [0.3, 0.4) is 0 Å². The molecular weight excluding hydrogens is 210 g/mol. The molecule has 1 aromatic rings. The second kappa shape index (κ2) is 3.73. The van der Waals surface area contributed by atoms with Gasteiger partial charge in [0, 0.05) is 6.85 Å². The van der Waals surface area contributed by atoms with Crippen LogP contribution in [0.15, 0.2) is 23.8 Å². The van der Waals surface area contributed by atoms with Crippen molar-refractivity contribution in [3.8, 4) is 0 Å². The molecule has 1 atom stereocenters. The van der Waals surface area contributed by atoms with Crippen LogP contribution in [0.1, 0.15) is 42.7 Å². The highest BCUT2D eigenvalue weighted by Crippen LogP contribution is 2.44. The highest BCUT2D eigenvalue weighted by Gasteiger charge is 2.32. The summed E-state index contributed by atoms with van der Waals surface area (Å²) in [4.78, 5) is 11.9. The first-order valence-electron chi connectivity index (χ1n) is 8.15. The predicted octanol–water partition coefficient (Wildman–Crippen LogP) is 2.59. The lowest BCUT2D eigenvalue weighted by molar-refractivity contribution is -0.121. The fourth-order valence-electron chi connectivity index (χ4n) is 2.50. The fraction of sp³-hybridized carbons (Fsp3) is 0.400. The number of rotatable bonds is 1. The first-order valence-corrected chi connectivity index (χ1v) is 5.65. The van der Waals surface area contributed by atoms with Gasteiger partial charge >= 0.3 is 0 Å². The third-order valence-corrected chi connectivity index (χ3v) is 3.28. The molecule has 88 valence electrons. The Morgan fingerprint density at radius 1 is 1.59 bits per heavy atom. The SMILES string of the molecule is [2H]C1([2H])CC([2H])([2H])C([2H])(C(N)=O)C2=C1c1cc(C)ccc1C2. The average molecular weight is 232 g/mol. The Morgan fingerprint density at radius 3 is 3.18 bits per heavy atom. The van der Waals surface area contributed by atoms with E-state index in [1.54, 1.807) is 0 Å². The molecule has 2 heteroatoms. The first kappa shape index (κ1) is 6.39. The zero-order valence-electron chi connectivity index (χ0n) is 14.6. The van der Waals surface area contributed by atoms with E-state index in [9.17, 15) is 4.79 Å². The van der Waals surface area contributed by atoms with Gasteiger partial charge in [0.25, 0.3) is 0 Å². The zero-order valence-corrected chi connectivity index (χ0v) is 9.63. The molecule has 0 bridgehead atoms. The molecule has 0 saturated carbocycles. The minimum atomic E-state index is -2.35. The number of primary amides is 1. The number of hydrogen-bond acceptors (Lipinski definition) is 1. The summed E-state index contributed by atoms with van der Waals surface area (Å²) in [7, 11) is 0. The molecule has 0 saturated heterocycles. The molecule has 17 heavy (non-hydrogen) atoms. The van der Waals surface area contributed by atoms with E-state index in [2.05, 4.69) is 0 Å². The Morgan fingerprint density at radius 2 is 2.41 bits per heavy atom. The van der Waals surface area contributed by atoms with Gasteiger partial charge in [-0.3, -0.25) is 4.79 Å². The first-order chi connectivity index (χ1) is 10.0. The Labute approximate surface area is 109 Å². The number of amides is 1. The molecule has 0 radical (unpaired) electrons. The molecule has 2 N–H and O–H groups in total. The lowest BCUT2D eigenvalue weighted by Crippen LogP contribution is -2.27. The van der Waals surface area contributed by atoms with Crippen LogP contribution in [0.25, 0.3) is 5.57 Å². The third-order valence-electron chi connectivity index (χ3n) is 3.28. The summed E-state index contributed by atoms with van der Waals surface area (Å²) < 4.78 is 41.1. The van der Waals surface area contributed by atoms with Crippen LogP contribution in [0, 0.1) is 12.8 Å². The molecule has 3 rings (SSSR count). The van der Waals surface area contributed by atoms with Gasteiger partial charge in [-0.15, -0.1) is 0 Å². The summed E-state index contributed by atoms with van der Waals surface area (Å²) in [5.41, 5.74) is 8.24. The molecule has 0 spiro atoms. The Hall–Kier alpha value is -1.57. The highest BCUT2D eigenvalue weighted by atomic mass is 16.1. The molecule has 0 heterocycles. The van der Waals surface area contributed by atoms with Crippen LogP contribution in [0.4, 0.5) is 0 Å². The molecule has 1 unspecified atom stereocenters. The van der Waals surface area contributed by atoms with Crippen molar-refractivity contribution in [2.75, 3.05) is 0 Å². The summed E-state index contributed by atoms with van der Waals surface area (Å²) in [5, 5.41) is 0. The number of nitrogens with two attached hydrogens (primary N) is 1. The van der Waals surface area contributed by atoms with Crippen LogP contribution in [0.2, 0.25) is 0 Å². The molecule has 0 aliphatic heterocycles. The average Bonchev–Trinajstić information content (AvgIpc) is 2.74. The minimum absolute atomic E-state index is 0.168. The summed E-state index contributed by atoms with van der Waals surface area (Å²) >= 11 is 0. The number of hydrogen-bond donors (Lipinski definition) is 1. The molecule has 0 aromatic heterocycles. The number of carbonyl (C=O) groups excluding carboxylic acids is 1.